The first-order valence-electron chi connectivity index (χ1n) is 2.77. The number of aliphatic hydroxyl groups is 2. The van der Waals surface area contributed by atoms with Crippen molar-refractivity contribution in [1.29, 1.82) is 0 Å². The first kappa shape index (κ1) is 9.13. The van der Waals surface area contributed by atoms with Gasteiger partial charge >= 0.3 is 5.97 Å². The lowest BCUT2D eigenvalue weighted by atomic mass is 10.1. The Kier molecular flexibility index (Phi) is 3.68. The average molecular weight is 146 g/mol. The van der Waals surface area contributed by atoms with Crippen LogP contribution in [-0.4, -0.2) is 34.5 Å². The quantitative estimate of drug-likeness (QED) is 0.463. The van der Waals surface area contributed by atoms with Crippen molar-refractivity contribution in [3.05, 3.63) is 11.1 Å². The van der Waals surface area contributed by atoms with Crippen LogP contribution in [0.2, 0.25) is 0 Å². The monoisotopic (exact) mass is 146 g/mol. The summed E-state index contributed by atoms with van der Waals surface area (Å²) in [6, 6.07) is 0. The number of carboxylic acids is 1. The van der Waals surface area contributed by atoms with Crippen LogP contribution in [0.5, 0.6) is 0 Å². The molecule has 0 rings (SSSR count). The van der Waals surface area contributed by atoms with Gasteiger partial charge in [-0.05, 0) is 12.5 Å². The first-order chi connectivity index (χ1) is 4.63. The maximum absolute atomic E-state index is 10.2. The lowest BCUT2D eigenvalue weighted by Crippen LogP contribution is -2.09. The summed E-state index contributed by atoms with van der Waals surface area (Å²) in [6.45, 7) is 0.587. The Morgan fingerprint density at radius 3 is 1.90 bits per heavy atom. The standard InChI is InChI=1S/C6H10O4/c1-4(2-7)5(3-8)6(9)10/h7-8H,2-3H2,1H3,(H,9,10). The SMILES string of the molecule is CC(CO)=C(CO)C(=O)O. The topological polar surface area (TPSA) is 77.8 Å². The van der Waals surface area contributed by atoms with E-state index in [4.69, 9.17) is 15.3 Å². The molecule has 0 aliphatic carbocycles. The second-order valence-corrected chi connectivity index (χ2v) is 1.88. The van der Waals surface area contributed by atoms with Crippen LogP contribution in [0.1, 0.15) is 6.92 Å². The average Bonchev–Trinajstić information content (AvgIpc) is 1.88. The van der Waals surface area contributed by atoms with Crippen LogP contribution >= 0.6 is 0 Å². The number of aliphatic hydroxyl groups excluding tert-OH is 2. The van der Waals surface area contributed by atoms with Gasteiger partial charge in [-0.3, -0.25) is 0 Å². The van der Waals surface area contributed by atoms with E-state index in [1.165, 1.54) is 6.92 Å². The molecule has 10 heavy (non-hydrogen) atoms. The molecule has 0 fully saturated rings. The van der Waals surface area contributed by atoms with Gasteiger partial charge in [-0.2, -0.15) is 0 Å². The minimum absolute atomic E-state index is 0.137. The second kappa shape index (κ2) is 4.03. The minimum Gasteiger partial charge on any atom is -0.478 e. The minimum atomic E-state index is -1.19. The summed E-state index contributed by atoms with van der Waals surface area (Å²) < 4.78 is 0. The van der Waals surface area contributed by atoms with Gasteiger partial charge in [0.05, 0.1) is 18.8 Å². The van der Waals surface area contributed by atoms with Crippen LogP contribution < -0.4 is 0 Å². The van der Waals surface area contributed by atoms with Crippen molar-refractivity contribution in [1.82, 2.24) is 0 Å². The fraction of sp³-hybridized carbons (Fsp3) is 0.500. The number of hydrogen-bond donors (Lipinski definition) is 3. The molecule has 0 atom stereocenters. The van der Waals surface area contributed by atoms with Crippen molar-refractivity contribution in [3.63, 3.8) is 0 Å². The van der Waals surface area contributed by atoms with Gasteiger partial charge in [0, 0.05) is 0 Å². The van der Waals surface area contributed by atoms with E-state index in [2.05, 4.69) is 0 Å². The number of carboxylic acid groups (broad SMARTS) is 1. The molecule has 0 bridgehead atoms. The largest absolute Gasteiger partial charge is 0.478 e. The van der Waals surface area contributed by atoms with E-state index < -0.39 is 12.6 Å². The molecule has 0 aromatic rings. The fourth-order valence-corrected chi connectivity index (χ4v) is 0.481. The van der Waals surface area contributed by atoms with Crippen LogP contribution in [0.4, 0.5) is 0 Å². The smallest absolute Gasteiger partial charge is 0.333 e. The molecule has 0 amide bonds. The number of hydrogen-bond acceptors (Lipinski definition) is 3. The molecule has 4 nitrogen and oxygen atoms in total. The molecule has 58 valence electrons. The van der Waals surface area contributed by atoms with Crippen molar-refractivity contribution in [3.8, 4) is 0 Å². The third-order valence-corrected chi connectivity index (χ3v) is 1.17. The summed E-state index contributed by atoms with van der Waals surface area (Å²) in [7, 11) is 0. The van der Waals surface area contributed by atoms with Gasteiger partial charge in [0.25, 0.3) is 0 Å². The predicted molar refractivity (Wildman–Crippen MR) is 34.5 cm³/mol. The maximum Gasteiger partial charge on any atom is 0.333 e. The Labute approximate surface area is 58.4 Å². The van der Waals surface area contributed by atoms with Gasteiger partial charge in [0.15, 0.2) is 0 Å². The van der Waals surface area contributed by atoms with Crippen molar-refractivity contribution in [2.75, 3.05) is 13.2 Å². The number of carbonyl (C=O) groups is 1. The number of rotatable bonds is 3. The molecule has 0 radical (unpaired) electrons. The molecule has 3 N–H and O–H groups in total. The van der Waals surface area contributed by atoms with E-state index in [1.54, 1.807) is 0 Å². The number of aliphatic carboxylic acids is 1. The van der Waals surface area contributed by atoms with E-state index in [9.17, 15) is 4.79 Å². The van der Waals surface area contributed by atoms with E-state index in [0.29, 0.717) is 0 Å². The highest BCUT2D eigenvalue weighted by Crippen LogP contribution is 2.01. The Balaban J connectivity index is 4.45. The van der Waals surface area contributed by atoms with Crippen LogP contribution in [0.15, 0.2) is 11.1 Å². The van der Waals surface area contributed by atoms with E-state index in [-0.39, 0.29) is 17.8 Å². The van der Waals surface area contributed by atoms with Gasteiger partial charge in [0.2, 0.25) is 0 Å². The zero-order chi connectivity index (χ0) is 8.15. The van der Waals surface area contributed by atoms with Crippen molar-refractivity contribution < 1.29 is 20.1 Å². The van der Waals surface area contributed by atoms with E-state index in [0.717, 1.165) is 0 Å². The van der Waals surface area contributed by atoms with Gasteiger partial charge in [-0.15, -0.1) is 0 Å². The maximum atomic E-state index is 10.2. The van der Waals surface area contributed by atoms with Crippen LogP contribution in [-0.2, 0) is 4.79 Å². The zero-order valence-corrected chi connectivity index (χ0v) is 5.66. The zero-order valence-electron chi connectivity index (χ0n) is 5.66. The summed E-state index contributed by atoms with van der Waals surface area (Å²) in [5.41, 5.74) is 0.150. The van der Waals surface area contributed by atoms with Crippen LogP contribution in [0, 0.1) is 0 Å². The normalized spacial score (nSPS) is 12.7. The predicted octanol–water partition coefficient (Wildman–Crippen LogP) is -0.628. The summed E-state index contributed by atoms with van der Waals surface area (Å²) in [6.07, 6.45) is 0. The van der Waals surface area contributed by atoms with Gasteiger partial charge in [-0.1, -0.05) is 0 Å². The molecule has 0 spiro atoms. The second-order valence-electron chi connectivity index (χ2n) is 1.88. The van der Waals surface area contributed by atoms with E-state index in [1.807, 2.05) is 0 Å². The summed E-state index contributed by atoms with van der Waals surface area (Å²) >= 11 is 0. The molecular formula is C6H10O4. The first-order valence-corrected chi connectivity index (χ1v) is 2.77. The Bertz CT molecular complexity index is 159. The Hall–Kier alpha value is -0.870. The molecule has 0 saturated heterocycles. The van der Waals surface area contributed by atoms with Gasteiger partial charge in [0.1, 0.15) is 0 Å². The van der Waals surface area contributed by atoms with Crippen molar-refractivity contribution in [2.45, 2.75) is 6.92 Å². The van der Waals surface area contributed by atoms with Crippen LogP contribution in [0.3, 0.4) is 0 Å². The van der Waals surface area contributed by atoms with E-state index >= 15 is 0 Å². The highest BCUT2D eigenvalue weighted by atomic mass is 16.4. The molecule has 4 heteroatoms. The van der Waals surface area contributed by atoms with Gasteiger partial charge < -0.3 is 15.3 Å². The third kappa shape index (κ3) is 2.16. The molecule has 0 aliphatic heterocycles. The molecule has 0 saturated carbocycles. The highest BCUT2D eigenvalue weighted by molar-refractivity contribution is 5.87. The summed E-state index contributed by atoms with van der Waals surface area (Å²) in [5.74, 6) is -1.19. The van der Waals surface area contributed by atoms with Crippen molar-refractivity contribution in [2.24, 2.45) is 0 Å². The van der Waals surface area contributed by atoms with Crippen molar-refractivity contribution >= 4 is 5.97 Å². The summed E-state index contributed by atoms with van der Waals surface area (Å²) in [4.78, 5) is 10.2. The summed E-state index contributed by atoms with van der Waals surface area (Å²) in [5, 5.41) is 25.2. The lowest BCUT2D eigenvalue weighted by Gasteiger charge is -2.00. The third-order valence-electron chi connectivity index (χ3n) is 1.17. The lowest BCUT2D eigenvalue weighted by molar-refractivity contribution is -0.133. The molecule has 0 aliphatic rings. The molecule has 0 aromatic carbocycles. The molecular weight excluding hydrogens is 136 g/mol. The molecule has 0 unspecified atom stereocenters. The molecule has 0 aromatic heterocycles. The fourth-order valence-electron chi connectivity index (χ4n) is 0.481. The molecule has 0 heterocycles. The van der Waals surface area contributed by atoms with Gasteiger partial charge in [-0.25, -0.2) is 4.79 Å². The Morgan fingerprint density at radius 1 is 1.30 bits per heavy atom. The Morgan fingerprint density at radius 2 is 1.80 bits per heavy atom. The highest BCUT2D eigenvalue weighted by Gasteiger charge is 2.08. The van der Waals surface area contributed by atoms with Crippen LogP contribution in [0.25, 0.3) is 0 Å².